The van der Waals surface area contributed by atoms with E-state index >= 15 is 0 Å². The second-order valence-corrected chi connectivity index (χ2v) is 5.16. The number of hydrogen-bond acceptors (Lipinski definition) is 2. The van der Waals surface area contributed by atoms with Crippen LogP contribution in [0.25, 0.3) is 0 Å². The number of nitrogens with one attached hydrogen (secondary N) is 1. The Morgan fingerprint density at radius 1 is 1.33 bits per heavy atom. The van der Waals surface area contributed by atoms with Crippen LogP contribution in [-0.2, 0) is 0 Å². The summed E-state index contributed by atoms with van der Waals surface area (Å²) in [6.07, 6.45) is 3.88. The lowest BCUT2D eigenvalue weighted by Crippen LogP contribution is -2.42. The lowest BCUT2D eigenvalue weighted by molar-refractivity contribution is 0.237. The molecule has 0 amide bonds. The van der Waals surface area contributed by atoms with Crippen LogP contribution >= 0.6 is 0 Å². The molecule has 2 heteroatoms. The van der Waals surface area contributed by atoms with Crippen molar-refractivity contribution in [2.24, 2.45) is 5.92 Å². The maximum absolute atomic E-state index is 3.67. The van der Waals surface area contributed by atoms with Gasteiger partial charge in [-0.15, -0.1) is 0 Å². The third-order valence-electron chi connectivity index (χ3n) is 3.77. The van der Waals surface area contributed by atoms with Crippen LogP contribution in [0.3, 0.4) is 0 Å². The summed E-state index contributed by atoms with van der Waals surface area (Å²) in [6.45, 7) is 13.0. The van der Waals surface area contributed by atoms with Gasteiger partial charge in [-0.3, -0.25) is 4.90 Å². The second kappa shape index (κ2) is 6.49. The lowest BCUT2D eigenvalue weighted by atomic mass is 10.1. The fraction of sp³-hybridized carbons (Fsp3) is 1.00. The molecule has 15 heavy (non-hydrogen) atoms. The number of hydrogen-bond donors (Lipinski definition) is 1. The van der Waals surface area contributed by atoms with Crippen molar-refractivity contribution in [3.63, 3.8) is 0 Å². The largest absolute Gasteiger partial charge is 0.312 e. The van der Waals surface area contributed by atoms with E-state index in [1.54, 1.807) is 0 Å². The van der Waals surface area contributed by atoms with E-state index in [1.807, 2.05) is 0 Å². The van der Waals surface area contributed by atoms with Crippen LogP contribution in [0.2, 0.25) is 0 Å². The predicted molar refractivity (Wildman–Crippen MR) is 67.2 cm³/mol. The molecule has 2 atom stereocenters. The van der Waals surface area contributed by atoms with Gasteiger partial charge in [-0.05, 0) is 38.6 Å². The first-order valence-corrected chi connectivity index (χ1v) is 6.64. The van der Waals surface area contributed by atoms with Crippen molar-refractivity contribution in [2.45, 2.75) is 59.0 Å². The molecule has 0 aliphatic carbocycles. The summed E-state index contributed by atoms with van der Waals surface area (Å²) >= 11 is 0. The Labute approximate surface area is 95.4 Å². The first-order valence-electron chi connectivity index (χ1n) is 6.64. The highest BCUT2D eigenvalue weighted by molar-refractivity contribution is 4.79. The van der Waals surface area contributed by atoms with E-state index in [0.717, 1.165) is 12.5 Å². The Morgan fingerprint density at radius 3 is 2.47 bits per heavy atom. The van der Waals surface area contributed by atoms with Crippen molar-refractivity contribution >= 4 is 0 Å². The van der Waals surface area contributed by atoms with Crippen LogP contribution in [0.5, 0.6) is 0 Å². The van der Waals surface area contributed by atoms with Crippen LogP contribution in [0.15, 0.2) is 0 Å². The minimum atomic E-state index is 0.704. The van der Waals surface area contributed by atoms with Gasteiger partial charge in [-0.1, -0.05) is 20.8 Å². The van der Waals surface area contributed by atoms with Crippen LogP contribution < -0.4 is 5.32 Å². The minimum Gasteiger partial charge on any atom is -0.312 e. The SMILES string of the molecule is CCC(CC)NCC(C)N1CCC(C)C1. The molecule has 2 unspecified atom stereocenters. The standard InChI is InChI=1S/C13H28N2/c1-5-13(6-2)14-9-12(4)15-8-7-11(3)10-15/h11-14H,5-10H2,1-4H3. The second-order valence-electron chi connectivity index (χ2n) is 5.16. The number of rotatable bonds is 6. The zero-order valence-electron chi connectivity index (χ0n) is 10.9. The molecule has 1 saturated heterocycles. The molecule has 1 N–H and O–H groups in total. The molecule has 0 saturated carbocycles. The first kappa shape index (κ1) is 13.0. The summed E-state index contributed by atoms with van der Waals surface area (Å²) in [5.41, 5.74) is 0. The molecule has 1 aliphatic rings. The van der Waals surface area contributed by atoms with Gasteiger partial charge in [-0.25, -0.2) is 0 Å². The van der Waals surface area contributed by atoms with Gasteiger partial charge in [0.05, 0.1) is 0 Å². The molecule has 0 aromatic heterocycles. The Hall–Kier alpha value is -0.0800. The van der Waals surface area contributed by atoms with E-state index in [2.05, 4.69) is 37.9 Å². The molecule has 1 aliphatic heterocycles. The molecule has 1 heterocycles. The van der Waals surface area contributed by atoms with E-state index in [-0.39, 0.29) is 0 Å². The van der Waals surface area contributed by atoms with E-state index in [0.29, 0.717) is 12.1 Å². The monoisotopic (exact) mass is 212 g/mol. The van der Waals surface area contributed by atoms with Gasteiger partial charge in [0, 0.05) is 25.2 Å². The van der Waals surface area contributed by atoms with Gasteiger partial charge < -0.3 is 5.32 Å². The molecule has 0 radical (unpaired) electrons. The zero-order valence-corrected chi connectivity index (χ0v) is 10.9. The van der Waals surface area contributed by atoms with Gasteiger partial charge in [0.25, 0.3) is 0 Å². The van der Waals surface area contributed by atoms with Crippen LogP contribution in [-0.4, -0.2) is 36.6 Å². The van der Waals surface area contributed by atoms with Crippen molar-refractivity contribution in [3.05, 3.63) is 0 Å². The number of likely N-dealkylation sites (tertiary alicyclic amines) is 1. The Morgan fingerprint density at radius 2 is 2.00 bits per heavy atom. The van der Waals surface area contributed by atoms with Crippen molar-refractivity contribution in [2.75, 3.05) is 19.6 Å². The van der Waals surface area contributed by atoms with Gasteiger partial charge in [0.15, 0.2) is 0 Å². The molecule has 1 rings (SSSR count). The molecular weight excluding hydrogens is 184 g/mol. The third-order valence-corrected chi connectivity index (χ3v) is 3.77. The summed E-state index contributed by atoms with van der Waals surface area (Å²) in [5, 5.41) is 3.67. The summed E-state index contributed by atoms with van der Waals surface area (Å²) in [5.74, 6) is 0.903. The molecule has 1 fully saturated rings. The van der Waals surface area contributed by atoms with Crippen molar-refractivity contribution in [1.82, 2.24) is 10.2 Å². The van der Waals surface area contributed by atoms with E-state index < -0.39 is 0 Å². The molecule has 0 spiro atoms. The maximum atomic E-state index is 3.67. The van der Waals surface area contributed by atoms with E-state index in [9.17, 15) is 0 Å². The average Bonchev–Trinajstić information content (AvgIpc) is 2.66. The van der Waals surface area contributed by atoms with Gasteiger partial charge in [-0.2, -0.15) is 0 Å². The smallest absolute Gasteiger partial charge is 0.0192 e. The van der Waals surface area contributed by atoms with Gasteiger partial charge in [0.1, 0.15) is 0 Å². The summed E-state index contributed by atoms with van der Waals surface area (Å²) in [7, 11) is 0. The highest BCUT2D eigenvalue weighted by Gasteiger charge is 2.22. The van der Waals surface area contributed by atoms with Crippen LogP contribution in [0.4, 0.5) is 0 Å². The van der Waals surface area contributed by atoms with E-state index in [4.69, 9.17) is 0 Å². The molecule has 0 aromatic carbocycles. The lowest BCUT2D eigenvalue weighted by Gasteiger charge is -2.26. The number of nitrogens with zero attached hydrogens (tertiary/aromatic N) is 1. The van der Waals surface area contributed by atoms with Crippen molar-refractivity contribution in [3.8, 4) is 0 Å². The van der Waals surface area contributed by atoms with Crippen LogP contribution in [0.1, 0.15) is 47.0 Å². The summed E-state index contributed by atoms with van der Waals surface area (Å²) in [4.78, 5) is 2.63. The maximum Gasteiger partial charge on any atom is 0.0192 e. The predicted octanol–water partition coefficient (Wildman–Crippen LogP) is 2.49. The Balaban J connectivity index is 2.20. The quantitative estimate of drug-likeness (QED) is 0.728. The highest BCUT2D eigenvalue weighted by atomic mass is 15.2. The average molecular weight is 212 g/mol. The third kappa shape index (κ3) is 4.12. The highest BCUT2D eigenvalue weighted by Crippen LogP contribution is 2.17. The summed E-state index contributed by atoms with van der Waals surface area (Å²) in [6, 6.07) is 1.42. The Bertz CT molecular complexity index is 166. The van der Waals surface area contributed by atoms with Gasteiger partial charge >= 0.3 is 0 Å². The summed E-state index contributed by atoms with van der Waals surface area (Å²) < 4.78 is 0. The zero-order chi connectivity index (χ0) is 11.3. The normalized spacial score (nSPS) is 25.0. The molecule has 0 bridgehead atoms. The fourth-order valence-electron chi connectivity index (χ4n) is 2.41. The topological polar surface area (TPSA) is 15.3 Å². The molecule has 90 valence electrons. The fourth-order valence-corrected chi connectivity index (χ4v) is 2.41. The van der Waals surface area contributed by atoms with Gasteiger partial charge in [0.2, 0.25) is 0 Å². The first-order chi connectivity index (χ1) is 7.17. The van der Waals surface area contributed by atoms with Crippen molar-refractivity contribution in [1.29, 1.82) is 0 Å². The molecule has 2 nitrogen and oxygen atoms in total. The van der Waals surface area contributed by atoms with Crippen LogP contribution in [0, 0.1) is 5.92 Å². The molecule has 0 aromatic rings. The molecular formula is C13H28N2. The minimum absolute atomic E-state index is 0.704. The van der Waals surface area contributed by atoms with E-state index in [1.165, 1.54) is 32.4 Å². The van der Waals surface area contributed by atoms with Crippen molar-refractivity contribution < 1.29 is 0 Å². The Kier molecular flexibility index (Phi) is 5.62.